The average molecular weight is 741 g/mol. The van der Waals surface area contributed by atoms with Crippen LogP contribution in [0, 0.1) is 18.3 Å². The first kappa shape index (κ1) is 35.9. The van der Waals surface area contributed by atoms with E-state index in [9.17, 15) is 24.4 Å². The van der Waals surface area contributed by atoms with E-state index in [4.69, 9.17) is 23.2 Å². The van der Waals surface area contributed by atoms with E-state index in [1.165, 1.54) is 17.8 Å². The Morgan fingerprint density at radius 3 is 2.22 bits per heavy atom. The van der Waals surface area contributed by atoms with Crippen LogP contribution < -0.4 is 21.3 Å². The van der Waals surface area contributed by atoms with Crippen LogP contribution >= 0.6 is 46.3 Å². The average Bonchev–Trinajstić information content (AvgIpc) is 3.44. The Balaban J connectivity index is 1.26. The van der Waals surface area contributed by atoms with Gasteiger partial charge in [-0.15, -0.1) is 23.1 Å². The van der Waals surface area contributed by atoms with Crippen LogP contribution in [-0.2, 0) is 9.59 Å². The van der Waals surface area contributed by atoms with Crippen molar-refractivity contribution >= 4 is 92.4 Å². The van der Waals surface area contributed by atoms with Crippen molar-refractivity contribution in [3.8, 4) is 6.07 Å². The molecule has 0 atom stereocenters. The lowest BCUT2D eigenvalue weighted by Crippen LogP contribution is -2.30. The molecule has 4 amide bonds. The zero-order valence-corrected chi connectivity index (χ0v) is 29.4. The quantitative estimate of drug-likeness (QED) is 0.0790. The van der Waals surface area contributed by atoms with E-state index < -0.39 is 11.8 Å². The molecule has 0 spiro atoms. The zero-order valence-electron chi connectivity index (χ0n) is 26.3. The fraction of sp³-hybridized carbons (Fsp3) is 0.0541. The van der Waals surface area contributed by atoms with Gasteiger partial charge in [0, 0.05) is 21.8 Å². The highest BCUT2D eigenvalue weighted by atomic mass is 35.5. The number of hydrogen-bond donors (Lipinski definition) is 4. The maximum atomic E-state index is 13.5. The number of rotatable bonds is 11. The van der Waals surface area contributed by atoms with Crippen LogP contribution in [0.15, 0.2) is 114 Å². The highest BCUT2D eigenvalue weighted by Crippen LogP contribution is 2.34. The van der Waals surface area contributed by atoms with E-state index in [0.29, 0.717) is 37.8 Å². The largest absolute Gasteiger partial charge is 0.321 e. The number of nitrogens with zero attached hydrogens (tertiary/aromatic N) is 1. The van der Waals surface area contributed by atoms with Gasteiger partial charge in [0.05, 0.1) is 26.2 Å². The number of hydrogen-bond acceptors (Lipinski definition) is 7. The molecule has 13 heteroatoms. The maximum absolute atomic E-state index is 13.5. The lowest BCUT2D eigenvalue weighted by atomic mass is 10.1. The van der Waals surface area contributed by atoms with Gasteiger partial charge >= 0.3 is 0 Å². The summed E-state index contributed by atoms with van der Waals surface area (Å²) in [4.78, 5) is 53.3. The standard InChI is InChI=1S/C37H27Cl2N5O4S2/c1-22-28(20-40)37(50-33(22)36(48)41-25-13-6-3-7-14-25)44-31(45)21-49-27-16-9-15-26(19-27)42-35(47)30(18-24-12-8-17-29(38)32(24)39)43-34(46)23-10-4-2-5-11-23/h2-19H,21H2,1H3,(H,41,48)(H,42,47)(H,43,46)(H,44,45)/b30-18+. The van der Waals surface area contributed by atoms with E-state index in [-0.39, 0.29) is 43.9 Å². The van der Waals surface area contributed by atoms with Crippen LogP contribution in [0.2, 0.25) is 10.0 Å². The number of benzene rings is 4. The molecule has 5 aromatic rings. The Labute approximate surface area is 306 Å². The van der Waals surface area contributed by atoms with E-state index in [1.807, 2.05) is 6.07 Å². The molecule has 4 N–H and O–H groups in total. The minimum atomic E-state index is -0.616. The van der Waals surface area contributed by atoms with Gasteiger partial charge in [-0.2, -0.15) is 5.26 Å². The van der Waals surface area contributed by atoms with Gasteiger partial charge in [0.25, 0.3) is 17.7 Å². The molecular weight excluding hydrogens is 713 g/mol. The maximum Gasteiger partial charge on any atom is 0.272 e. The van der Waals surface area contributed by atoms with Gasteiger partial charge in [0.15, 0.2) is 0 Å². The molecule has 0 unspecified atom stereocenters. The van der Waals surface area contributed by atoms with Gasteiger partial charge in [-0.1, -0.05) is 77.8 Å². The van der Waals surface area contributed by atoms with Crippen LogP contribution in [-0.4, -0.2) is 29.4 Å². The summed E-state index contributed by atoms with van der Waals surface area (Å²) in [7, 11) is 0. The number of nitriles is 1. The first-order valence-corrected chi connectivity index (χ1v) is 17.4. The van der Waals surface area contributed by atoms with Gasteiger partial charge < -0.3 is 21.3 Å². The minimum Gasteiger partial charge on any atom is -0.321 e. The third kappa shape index (κ3) is 9.19. The van der Waals surface area contributed by atoms with Crippen molar-refractivity contribution in [1.29, 1.82) is 5.26 Å². The molecule has 0 aliphatic carbocycles. The Hall–Kier alpha value is -5.38. The first-order valence-electron chi connectivity index (χ1n) is 14.9. The molecule has 0 aliphatic heterocycles. The number of halogens is 2. The van der Waals surface area contributed by atoms with Gasteiger partial charge in [-0.3, -0.25) is 19.2 Å². The molecule has 0 saturated heterocycles. The fourth-order valence-corrected chi connectivity index (χ4v) is 6.75. The van der Waals surface area contributed by atoms with E-state index >= 15 is 0 Å². The number of nitrogens with one attached hydrogen (secondary N) is 4. The second-order valence-electron chi connectivity index (χ2n) is 10.5. The molecule has 4 aromatic carbocycles. The molecule has 9 nitrogen and oxygen atoms in total. The van der Waals surface area contributed by atoms with Gasteiger partial charge in [0.2, 0.25) is 5.91 Å². The number of carbonyl (C=O) groups excluding carboxylic acids is 4. The van der Waals surface area contributed by atoms with Crippen molar-refractivity contribution in [3.05, 3.63) is 146 Å². The Morgan fingerprint density at radius 2 is 1.50 bits per heavy atom. The smallest absolute Gasteiger partial charge is 0.272 e. The molecule has 0 radical (unpaired) electrons. The Kier molecular flexibility index (Phi) is 12.1. The molecule has 1 heterocycles. The normalized spacial score (nSPS) is 10.9. The van der Waals surface area contributed by atoms with E-state index in [2.05, 4.69) is 27.3 Å². The van der Waals surface area contributed by atoms with Gasteiger partial charge in [-0.05, 0) is 72.7 Å². The van der Waals surface area contributed by atoms with Gasteiger partial charge in [-0.25, -0.2) is 0 Å². The van der Waals surface area contributed by atoms with Crippen molar-refractivity contribution < 1.29 is 19.2 Å². The van der Waals surface area contributed by atoms with Crippen molar-refractivity contribution in [2.45, 2.75) is 11.8 Å². The molecule has 0 aliphatic rings. The summed E-state index contributed by atoms with van der Waals surface area (Å²) < 4.78 is 0. The number of thioether (sulfide) groups is 1. The fourth-order valence-electron chi connectivity index (χ4n) is 4.57. The lowest BCUT2D eigenvalue weighted by molar-refractivity contribution is -0.114. The number of thiophene rings is 1. The highest BCUT2D eigenvalue weighted by molar-refractivity contribution is 8.00. The van der Waals surface area contributed by atoms with Crippen LogP contribution in [0.3, 0.4) is 0 Å². The second kappa shape index (κ2) is 16.8. The summed E-state index contributed by atoms with van der Waals surface area (Å²) in [6.07, 6.45) is 1.44. The second-order valence-corrected chi connectivity index (χ2v) is 13.4. The molecule has 0 bridgehead atoms. The van der Waals surface area contributed by atoms with Crippen molar-refractivity contribution in [2.75, 3.05) is 21.7 Å². The van der Waals surface area contributed by atoms with Crippen molar-refractivity contribution in [1.82, 2.24) is 5.32 Å². The third-order valence-electron chi connectivity index (χ3n) is 7.02. The van der Waals surface area contributed by atoms with Crippen molar-refractivity contribution in [2.24, 2.45) is 0 Å². The first-order chi connectivity index (χ1) is 24.1. The summed E-state index contributed by atoms with van der Waals surface area (Å²) >= 11 is 14.8. The van der Waals surface area contributed by atoms with Crippen LogP contribution in [0.4, 0.5) is 16.4 Å². The summed E-state index contributed by atoms with van der Waals surface area (Å²) in [6, 6.07) is 31.2. The lowest BCUT2D eigenvalue weighted by Gasteiger charge is -2.13. The van der Waals surface area contributed by atoms with E-state index in [0.717, 1.165) is 11.3 Å². The monoisotopic (exact) mass is 739 g/mol. The molecule has 0 saturated carbocycles. The zero-order chi connectivity index (χ0) is 35.6. The molecule has 250 valence electrons. The molecule has 5 rings (SSSR count). The van der Waals surface area contributed by atoms with Crippen LogP contribution in [0.1, 0.15) is 36.7 Å². The predicted molar refractivity (Wildman–Crippen MR) is 201 cm³/mol. The van der Waals surface area contributed by atoms with Crippen LogP contribution in [0.25, 0.3) is 6.08 Å². The summed E-state index contributed by atoms with van der Waals surface area (Å²) in [5, 5.41) is 21.6. The van der Waals surface area contributed by atoms with E-state index in [1.54, 1.807) is 104 Å². The number of amides is 4. The molecular formula is C37H27Cl2N5O4S2. The number of carbonyl (C=O) groups is 4. The molecule has 0 fully saturated rings. The molecule has 1 aromatic heterocycles. The number of anilines is 3. The van der Waals surface area contributed by atoms with Gasteiger partial charge in [0.1, 0.15) is 16.8 Å². The molecule has 50 heavy (non-hydrogen) atoms. The topological polar surface area (TPSA) is 140 Å². The number of para-hydroxylation sites is 1. The summed E-state index contributed by atoms with van der Waals surface area (Å²) in [5.74, 6) is -1.89. The van der Waals surface area contributed by atoms with Crippen molar-refractivity contribution in [3.63, 3.8) is 0 Å². The Morgan fingerprint density at radius 1 is 0.820 bits per heavy atom. The summed E-state index contributed by atoms with van der Waals surface area (Å²) in [5.41, 5.74) is 2.42. The predicted octanol–water partition coefficient (Wildman–Crippen LogP) is 8.63. The Bertz CT molecular complexity index is 2150. The van der Waals surface area contributed by atoms with Crippen LogP contribution in [0.5, 0.6) is 0 Å². The summed E-state index contributed by atoms with van der Waals surface area (Å²) in [6.45, 7) is 1.66. The third-order valence-corrected chi connectivity index (χ3v) is 10.1. The minimum absolute atomic E-state index is 0.0175. The SMILES string of the molecule is Cc1c(C(=O)Nc2ccccc2)sc(NC(=O)CSc2cccc(NC(=O)/C(=C\c3cccc(Cl)c3Cl)NC(=O)c3ccccc3)c2)c1C#N. The highest BCUT2D eigenvalue weighted by Gasteiger charge is 2.22.